The van der Waals surface area contributed by atoms with E-state index in [1.54, 1.807) is 6.20 Å². The van der Waals surface area contributed by atoms with E-state index in [4.69, 9.17) is 9.47 Å². The number of H-pyrrole nitrogens is 1. The summed E-state index contributed by atoms with van der Waals surface area (Å²) >= 11 is 4.33. The number of benzene rings is 1. The summed E-state index contributed by atoms with van der Waals surface area (Å²) in [5.41, 5.74) is 2.69. The minimum Gasteiger partial charge on any atom is -0.348 e. The van der Waals surface area contributed by atoms with Crippen LogP contribution in [0.25, 0.3) is 22.0 Å². The molecule has 0 spiro atoms. The van der Waals surface area contributed by atoms with Crippen LogP contribution in [0.2, 0.25) is 0 Å². The third-order valence-corrected chi connectivity index (χ3v) is 4.75. The molecule has 3 aromatic rings. The molecule has 4 rings (SSSR count). The molecule has 0 amide bonds. The van der Waals surface area contributed by atoms with E-state index in [1.165, 1.54) is 0 Å². The standard InChI is InChI=1S/C19H20N2O3S/c1-19(2)23-11-13(24-19)9-21-10-15(12-3-5-14(25)6-4-12)17-16(21)7-8-20-18(17)22/h3-8,10,13,25H,9,11H2,1-2H3,(H,20,22). The Kier molecular flexibility index (Phi) is 3.98. The van der Waals surface area contributed by atoms with E-state index >= 15 is 0 Å². The average molecular weight is 356 g/mol. The van der Waals surface area contributed by atoms with Crippen LogP contribution < -0.4 is 5.56 Å². The van der Waals surface area contributed by atoms with Crippen molar-refractivity contribution in [2.75, 3.05) is 6.61 Å². The van der Waals surface area contributed by atoms with Gasteiger partial charge in [-0.25, -0.2) is 0 Å². The van der Waals surface area contributed by atoms with E-state index in [2.05, 4.69) is 22.2 Å². The van der Waals surface area contributed by atoms with Crippen molar-refractivity contribution in [2.45, 2.75) is 37.2 Å². The molecule has 1 N–H and O–H groups in total. The number of ether oxygens (including phenoxy) is 2. The van der Waals surface area contributed by atoms with Gasteiger partial charge < -0.3 is 19.0 Å². The fraction of sp³-hybridized carbons (Fsp3) is 0.316. The van der Waals surface area contributed by atoms with E-state index < -0.39 is 5.79 Å². The maximum atomic E-state index is 12.5. The van der Waals surface area contributed by atoms with Crippen molar-refractivity contribution in [3.8, 4) is 11.1 Å². The topological polar surface area (TPSA) is 56.2 Å². The van der Waals surface area contributed by atoms with Gasteiger partial charge in [-0.2, -0.15) is 0 Å². The van der Waals surface area contributed by atoms with E-state index in [0.717, 1.165) is 21.5 Å². The molecule has 1 unspecified atom stereocenters. The molecule has 0 aliphatic carbocycles. The van der Waals surface area contributed by atoms with Crippen LogP contribution in [0.1, 0.15) is 13.8 Å². The van der Waals surface area contributed by atoms with Crippen molar-refractivity contribution in [1.82, 2.24) is 9.55 Å². The molecule has 5 nitrogen and oxygen atoms in total. The molecule has 1 fully saturated rings. The first-order valence-electron chi connectivity index (χ1n) is 8.25. The van der Waals surface area contributed by atoms with Gasteiger partial charge >= 0.3 is 0 Å². The fourth-order valence-corrected chi connectivity index (χ4v) is 3.49. The number of aromatic nitrogens is 2. The van der Waals surface area contributed by atoms with Gasteiger partial charge in [-0.1, -0.05) is 12.1 Å². The second kappa shape index (κ2) is 6.05. The lowest BCUT2D eigenvalue weighted by Gasteiger charge is -2.17. The van der Waals surface area contributed by atoms with Crippen molar-refractivity contribution < 1.29 is 9.47 Å². The molecular weight excluding hydrogens is 336 g/mol. The Hall–Kier alpha value is -2.02. The lowest BCUT2D eigenvalue weighted by Crippen LogP contribution is -2.24. The largest absolute Gasteiger partial charge is 0.348 e. The molecule has 2 aromatic heterocycles. The van der Waals surface area contributed by atoms with E-state index in [9.17, 15) is 4.79 Å². The number of nitrogens with one attached hydrogen (secondary N) is 1. The molecular formula is C19H20N2O3S. The van der Waals surface area contributed by atoms with Gasteiger partial charge in [0.1, 0.15) is 6.10 Å². The Morgan fingerprint density at radius 3 is 2.72 bits per heavy atom. The van der Waals surface area contributed by atoms with Crippen LogP contribution in [0.3, 0.4) is 0 Å². The zero-order valence-electron chi connectivity index (χ0n) is 14.2. The molecule has 1 aromatic carbocycles. The molecule has 1 saturated heterocycles. The third kappa shape index (κ3) is 3.13. The highest BCUT2D eigenvalue weighted by atomic mass is 32.1. The number of thiol groups is 1. The molecule has 6 heteroatoms. The van der Waals surface area contributed by atoms with Crippen LogP contribution in [-0.4, -0.2) is 28.0 Å². The first-order chi connectivity index (χ1) is 11.9. The van der Waals surface area contributed by atoms with Gasteiger partial charge in [0.15, 0.2) is 5.79 Å². The molecule has 25 heavy (non-hydrogen) atoms. The van der Waals surface area contributed by atoms with Gasteiger partial charge in [0.2, 0.25) is 0 Å². The second-order valence-electron chi connectivity index (χ2n) is 6.76. The summed E-state index contributed by atoms with van der Waals surface area (Å²) in [4.78, 5) is 16.1. The molecule has 0 saturated carbocycles. The summed E-state index contributed by atoms with van der Waals surface area (Å²) in [5, 5.41) is 0.688. The van der Waals surface area contributed by atoms with Crippen molar-refractivity contribution in [3.63, 3.8) is 0 Å². The van der Waals surface area contributed by atoms with Gasteiger partial charge in [0.25, 0.3) is 5.56 Å². The van der Waals surface area contributed by atoms with Crippen molar-refractivity contribution in [3.05, 3.63) is 53.1 Å². The zero-order valence-corrected chi connectivity index (χ0v) is 15.0. The van der Waals surface area contributed by atoms with Crippen LogP contribution in [-0.2, 0) is 16.0 Å². The monoisotopic (exact) mass is 356 g/mol. The summed E-state index contributed by atoms with van der Waals surface area (Å²) in [6, 6.07) is 9.73. The molecule has 130 valence electrons. The van der Waals surface area contributed by atoms with Crippen molar-refractivity contribution in [1.29, 1.82) is 0 Å². The first kappa shape index (κ1) is 16.4. The number of hydrogen-bond donors (Lipinski definition) is 2. The van der Waals surface area contributed by atoms with Crippen LogP contribution >= 0.6 is 12.6 Å². The Morgan fingerprint density at radius 2 is 2.04 bits per heavy atom. The number of nitrogens with zero attached hydrogens (tertiary/aromatic N) is 1. The minimum atomic E-state index is -0.559. The SMILES string of the molecule is CC1(C)OCC(Cn2cc(-c3ccc(S)cc3)c3c(=O)[nH]ccc32)O1. The zero-order chi connectivity index (χ0) is 17.6. The van der Waals surface area contributed by atoms with E-state index in [-0.39, 0.29) is 11.7 Å². The number of fused-ring (bicyclic) bond motifs is 1. The summed E-state index contributed by atoms with van der Waals surface area (Å²) in [6.45, 7) is 5.00. The average Bonchev–Trinajstić information content (AvgIpc) is 3.10. The highest BCUT2D eigenvalue weighted by Crippen LogP contribution is 2.30. The van der Waals surface area contributed by atoms with E-state index in [1.807, 2.05) is 50.4 Å². The van der Waals surface area contributed by atoms with Crippen LogP contribution in [0, 0.1) is 0 Å². The first-order valence-corrected chi connectivity index (χ1v) is 8.69. The number of aromatic amines is 1. The molecule has 1 atom stereocenters. The lowest BCUT2D eigenvalue weighted by molar-refractivity contribution is -0.139. The highest BCUT2D eigenvalue weighted by Gasteiger charge is 2.33. The van der Waals surface area contributed by atoms with Crippen molar-refractivity contribution >= 4 is 23.5 Å². The third-order valence-electron chi connectivity index (χ3n) is 4.45. The number of rotatable bonds is 3. The van der Waals surface area contributed by atoms with Gasteiger partial charge in [0.05, 0.1) is 24.1 Å². The Bertz CT molecular complexity index is 972. The second-order valence-corrected chi connectivity index (χ2v) is 7.28. The van der Waals surface area contributed by atoms with Crippen LogP contribution in [0.5, 0.6) is 0 Å². The molecule has 0 bridgehead atoms. The Balaban J connectivity index is 1.79. The smallest absolute Gasteiger partial charge is 0.258 e. The van der Waals surface area contributed by atoms with Gasteiger partial charge in [-0.15, -0.1) is 12.6 Å². The lowest BCUT2D eigenvalue weighted by atomic mass is 10.1. The fourth-order valence-electron chi connectivity index (χ4n) is 3.34. The maximum absolute atomic E-state index is 12.5. The minimum absolute atomic E-state index is 0.0439. The van der Waals surface area contributed by atoms with Crippen LogP contribution in [0.4, 0.5) is 0 Å². The van der Waals surface area contributed by atoms with Gasteiger partial charge in [-0.3, -0.25) is 4.79 Å². The Morgan fingerprint density at radius 1 is 1.28 bits per heavy atom. The number of hydrogen-bond acceptors (Lipinski definition) is 4. The van der Waals surface area contributed by atoms with Gasteiger partial charge in [-0.05, 0) is 37.6 Å². The highest BCUT2D eigenvalue weighted by molar-refractivity contribution is 7.80. The quantitative estimate of drug-likeness (QED) is 0.707. The summed E-state index contributed by atoms with van der Waals surface area (Å²) in [5.74, 6) is -0.559. The van der Waals surface area contributed by atoms with Crippen molar-refractivity contribution in [2.24, 2.45) is 0 Å². The maximum Gasteiger partial charge on any atom is 0.258 e. The summed E-state index contributed by atoms with van der Waals surface area (Å²) < 4.78 is 13.7. The molecule has 0 radical (unpaired) electrons. The normalized spacial score (nSPS) is 19.6. The predicted molar refractivity (Wildman–Crippen MR) is 100 cm³/mol. The number of pyridine rings is 1. The summed E-state index contributed by atoms with van der Waals surface area (Å²) in [7, 11) is 0. The Labute approximate surface area is 151 Å². The summed E-state index contributed by atoms with van der Waals surface area (Å²) in [6.07, 6.45) is 3.65. The molecule has 3 heterocycles. The predicted octanol–water partition coefficient (Wildman–Crippen LogP) is 3.44. The molecule has 1 aliphatic heterocycles. The van der Waals surface area contributed by atoms with Crippen LogP contribution in [0.15, 0.2) is 52.4 Å². The van der Waals surface area contributed by atoms with E-state index in [0.29, 0.717) is 18.5 Å². The van der Waals surface area contributed by atoms with Gasteiger partial charge in [0, 0.05) is 22.9 Å². The molecule has 1 aliphatic rings.